The molecule has 1 aliphatic rings. The summed E-state index contributed by atoms with van der Waals surface area (Å²) in [6.07, 6.45) is 1.95. The zero-order valence-electron chi connectivity index (χ0n) is 16.7. The molecule has 3 aromatic rings. The normalized spacial score (nSPS) is 17.5. The molecule has 3 N–H and O–H groups in total. The Labute approximate surface area is 173 Å². The van der Waals surface area contributed by atoms with E-state index in [-0.39, 0.29) is 17.9 Å². The Morgan fingerprint density at radius 1 is 1.17 bits per heavy atom. The van der Waals surface area contributed by atoms with Crippen molar-refractivity contribution in [1.29, 1.82) is 0 Å². The van der Waals surface area contributed by atoms with Gasteiger partial charge < -0.3 is 20.4 Å². The Morgan fingerprint density at radius 2 is 1.97 bits per heavy atom. The smallest absolute Gasteiger partial charge is 0.253 e. The van der Waals surface area contributed by atoms with Crippen molar-refractivity contribution in [2.75, 3.05) is 20.3 Å². The Bertz CT molecular complexity index is 1060. The summed E-state index contributed by atoms with van der Waals surface area (Å²) in [4.78, 5) is 27.7. The van der Waals surface area contributed by atoms with Crippen molar-refractivity contribution in [2.45, 2.75) is 25.1 Å². The van der Waals surface area contributed by atoms with Crippen LogP contribution in [-0.4, -0.2) is 43.1 Å². The van der Waals surface area contributed by atoms with Gasteiger partial charge in [0.15, 0.2) is 6.17 Å². The number of H-pyrrole nitrogens is 1. The molecule has 6 nitrogen and oxygen atoms in total. The van der Waals surface area contributed by atoms with Gasteiger partial charge in [-0.3, -0.25) is 9.59 Å². The van der Waals surface area contributed by atoms with E-state index in [1.54, 1.807) is 49.6 Å². The molecule has 1 saturated heterocycles. The minimum atomic E-state index is -1.44. The number of aromatic amines is 1. The van der Waals surface area contributed by atoms with Crippen LogP contribution in [0.15, 0.2) is 48.7 Å². The first-order valence-corrected chi connectivity index (χ1v) is 10.0. The first-order valence-electron chi connectivity index (χ1n) is 10.0. The average molecular weight is 409 g/mol. The van der Waals surface area contributed by atoms with Gasteiger partial charge in [0, 0.05) is 41.9 Å². The van der Waals surface area contributed by atoms with Crippen LogP contribution >= 0.6 is 0 Å². The van der Waals surface area contributed by atoms with Crippen LogP contribution in [0.25, 0.3) is 10.9 Å². The average Bonchev–Trinajstić information content (AvgIpc) is 3.23. The van der Waals surface area contributed by atoms with Gasteiger partial charge in [0.05, 0.1) is 18.2 Å². The molecule has 2 amide bonds. The number of alkyl halides is 1. The van der Waals surface area contributed by atoms with Gasteiger partial charge in [-0.1, -0.05) is 24.3 Å². The molecule has 1 aliphatic heterocycles. The predicted molar refractivity (Wildman–Crippen MR) is 112 cm³/mol. The van der Waals surface area contributed by atoms with Crippen molar-refractivity contribution in [2.24, 2.45) is 0 Å². The summed E-state index contributed by atoms with van der Waals surface area (Å²) in [5.74, 6) is -0.471. The first-order chi connectivity index (χ1) is 14.6. The van der Waals surface area contributed by atoms with E-state index in [9.17, 15) is 9.59 Å². The van der Waals surface area contributed by atoms with Crippen LogP contribution in [0.1, 0.15) is 50.9 Å². The predicted octanol–water partition coefficient (Wildman–Crippen LogP) is 3.50. The number of amides is 2. The van der Waals surface area contributed by atoms with Gasteiger partial charge >= 0.3 is 0 Å². The molecular weight excluding hydrogens is 385 g/mol. The van der Waals surface area contributed by atoms with Gasteiger partial charge in [-0.25, -0.2) is 4.39 Å². The van der Waals surface area contributed by atoms with Gasteiger partial charge in [-0.2, -0.15) is 0 Å². The van der Waals surface area contributed by atoms with Crippen molar-refractivity contribution in [3.8, 4) is 0 Å². The molecule has 2 atom stereocenters. The Hall–Kier alpha value is -3.19. The number of halogens is 1. The van der Waals surface area contributed by atoms with Crippen LogP contribution in [0.2, 0.25) is 0 Å². The molecule has 30 heavy (non-hydrogen) atoms. The second-order valence-corrected chi connectivity index (χ2v) is 7.42. The molecule has 1 aromatic heterocycles. The zero-order valence-corrected chi connectivity index (χ0v) is 16.7. The van der Waals surface area contributed by atoms with Crippen LogP contribution in [0.5, 0.6) is 0 Å². The molecule has 2 heterocycles. The molecule has 1 fully saturated rings. The molecule has 2 aromatic carbocycles. The maximum absolute atomic E-state index is 15.5. The maximum atomic E-state index is 15.5. The zero-order chi connectivity index (χ0) is 21.1. The van der Waals surface area contributed by atoms with E-state index in [0.29, 0.717) is 46.4 Å². The number of rotatable bonds is 5. The topological polar surface area (TPSA) is 83.2 Å². The number of aromatic nitrogens is 1. The van der Waals surface area contributed by atoms with E-state index >= 15 is 4.39 Å². The summed E-state index contributed by atoms with van der Waals surface area (Å²) in [5.41, 5.74) is 2.40. The van der Waals surface area contributed by atoms with Crippen LogP contribution in [-0.2, 0) is 4.74 Å². The van der Waals surface area contributed by atoms with E-state index < -0.39 is 6.17 Å². The molecule has 0 saturated carbocycles. The molecule has 0 aliphatic carbocycles. The largest absolute Gasteiger partial charge is 0.379 e. The fourth-order valence-corrected chi connectivity index (χ4v) is 3.85. The maximum Gasteiger partial charge on any atom is 0.253 e. The third kappa shape index (κ3) is 3.93. The van der Waals surface area contributed by atoms with E-state index in [0.717, 1.165) is 12.8 Å². The lowest BCUT2D eigenvalue weighted by molar-refractivity contribution is 0.0625. The SMILES string of the molecule is CNC(=O)c1ccc(C(F)c2cccc3[nH]cc(C(=O)NC4CCCOC4)c23)cc1. The molecule has 2 unspecified atom stereocenters. The highest BCUT2D eigenvalue weighted by Crippen LogP contribution is 2.34. The lowest BCUT2D eigenvalue weighted by atomic mass is 9.96. The fourth-order valence-electron chi connectivity index (χ4n) is 3.85. The highest BCUT2D eigenvalue weighted by Gasteiger charge is 2.23. The minimum Gasteiger partial charge on any atom is -0.379 e. The lowest BCUT2D eigenvalue weighted by Crippen LogP contribution is -2.40. The van der Waals surface area contributed by atoms with Crippen molar-refractivity contribution in [3.05, 3.63) is 70.9 Å². The van der Waals surface area contributed by atoms with Crippen LogP contribution in [0, 0.1) is 0 Å². The number of hydrogen-bond donors (Lipinski definition) is 3. The number of ether oxygens (including phenoxy) is 1. The number of hydrogen-bond acceptors (Lipinski definition) is 3. The fraction of sp³-hybridized carbons (Fsp3) is 0.304. The van der Waals surface area contributed by atoms with E-state index in [2.05, 4.69) is 15.6 Å². The van der Waals surface area contributed by atoms with Crippen molar-refractivity contribution >= 4 is 22.7 Å². The minimum absolute atomic E-state index is 0.0400. The lowest BCUT2D eigenvalue weighted by Gasteiger charge is -2.23. The van der Waals surface area contributed by atoms with Gasteiger partial charge in [0.25, 0.3) is 11.8 Å². The second kappa shape index (κ2) is 8.67. The quantitative estimate of drug-likeness (QED) is 0.603. The van der Waals surface area contributed by atoms with E-state index in [4.69, 9.17) is 4.74 Å². The second-order valence-electron chi connectivity index (χ2n) is 7.42. The molecule has 7 heteroatoms. The number of fused-ring (bicyclic) bond motifs is 1. The van der Waals surface area contributed by atoms with E-state index in [1.165, 1.54) is 0 Å². The third-order valence-electron chi connectivity index (χ3n) is 5.44. The van der Waals surface area contributed by atoms with Gasteiger partial charge in [0.2, 0.25) is 0 Å². The number of benzene rings is 2. The number of nitrogens with one attached hydrogen (secondary N) is 3. The summed E-state index contributed by atoms with van der Waals surface area (Å²) >= 11 is 0. The monoisotopic (exact) mass is 409 g/mol. The van der Waals surface area contributed by atoms with Gasteiger partial charge in [0.1, 0.15) is 0 Å². The van der Waals surface area contributed by atoms with Crippen molar-refractivity contribution < 1.29 is 18.7 Å². The molecule has 0 bridgehead atoms. The Kier molecular flexibility index (Phi) is 5.81. The summed E-state index contributed by atoms with van der Waals surface area (Å²) in [6, 6.07) is 11.6. The first kappa shape index (κ1) is 20.1. The third-order valence-corrected chi connectivity index (χ3v) is 5.44. The summed E-state index contributed by atoms with van der Waals surface area (Å²) in [6.45, 7) is 1.20. The summed E-state index contributed by atoms with van der Waals surface area (Å²) < 4.78 is 21.0. The van der Waals surface area contributed by atoms with Gasteiger partial charge in [-0.05, 0) is 36.6 Å². The number of carbonyl (C=O) groups is 2. The molecular formula is C23H24FN3O3. The van der Waals surface area contributed by atoms with Crippen molar-refractivity contribution in [3.63, 3.8) is 0 Å². The highest BCUT2D eigenvalue weighted by atomic mass is 19.1. The number of carbonyl (C=O) groups excluding carboxylic acids is 2. The van der Waals surface area contributed by atoms with Crippen LogP contribution in [0.3, 0.4) is 0 Å². The summed E-state index contributed by atoms with van der Waals surface area (Å²) in [5, 5.41) is 6.10. The molecule has 0 radical (unpaired) electrons. The molecule has 4 rings (SSSR count). The standard InChI is InChI=1S/C23H24FN3O3/c1-25-22(28)15-9-7-14(8-10-15)21(24)17-5-2-6-19-20(17)18(12-26-19)23(29)27-16-4-3-11-30-13-16/h2,5-10,12,16,21,26H,3-4,11,13H2,1H3,(H,25,28)(H,27,29). The van der Waals surface area contributed by atoms with Gasteiger partial charge in [-0.15, -0.1) is 0 Å². The van der Waals surface area contributed by atoms with Crippen molar-refractivity contribution in [1.82, 2.24) is 15.6 Å². The van der Waals surface area contributed by atoms with Crippen LogP contribution in [0.4, 0.5) is 4.39 Å². The highest BCUT2D eigenvalue weighted by molar-refractivity contribution is 6.08. The summed E-state index contributed by atoms with van der Waals surface area (Å²) in [7, 11) is 1.55. The molecule has 156 valence electrons. The molecule has 0 spiro atoms. The Balaban J connectivity index is 1.64. The van der Waals surface area contributed by atoms with E-state index in [1.807, 2.05) is 6.07 Å². The Morgan fingerprint density at radius 3 is 2.67 bits per heavy atom. The van der Waals surface area contributed by atoms with Crippen LogP contribution < -0.4 is 10.6 Å².